The predicted octanol–water partition coefficient (Wildman–Crippen LogP) is 3.75. The van der Waals surface area contributed by atoms with E-state index >= 15 is 0 Å². The fraction of sp³-hybridized carbons (Fsp3) is 0.158. The number of halogens is 1. The molecule has 1 heterocycles. The van der Waals surface area contributed by atoms with Gasteiger partial charge in [0.2, 0.25) is 11.8 Å². The molecular weight excluding hydrogens is 383 g/mol. The molecule has 0 aliphatic rings. The summed E-state index contributed by atoms with van der Waals surface area (Å²) in [6, 6.07) is 12.6. The normalized spacial score (nSPS) is 10.5. The predicted molar refractivity (Wildman–Crippen MR) is 104 cm³/mol. The Bertz CT molecular complexity index is 958. The quantitative estimate of drug-likeness (QED) is 0.439. The number of aromatic nitrogens is 2. The van der Waals surface area contributed by atoms with Crippen molar-refractivity contribution in [1.82, 2.24) is 10.2 Å². The monoisotopic (exact) mass is 400 g/mol. The van der Waals surface area contributed by atoms with Gasteiger partial charge in [0, 0.05) is 16.9 Å². The Balaban J connectivity index is 1.45. The lowest BCUT2D eigenvalue weighted by Crippen LogP contribution is -2.14. The Morgan fingerprint density at radius 1 is 1.04 bits per heavy atom. The first-order chi connectivity index (χ1) is 13.5. The SMILES string of the molecule is CC(=O)c1ccc(NC(=O)CSc2nnc(CNc3ccc(F)cc3)o2)cc1. The van der Waals surface area contributed by atoms with Crippen LogP contribution in [0.15, 0.2) is 58.2 Å². The van der Waals surface area contributed by atoms with Gasteiger partial charge in [0.05, 0.1) is 12.3 Å². The van der Waals surface area contributed by atoms with Crippen molar-refractivity contribution in [1.29, 1.82) is 0 Å². The summed E-state index contributed by atoms with van der Waals surface area (Å²) in [6.07, 6.45) is 0. The maximum atomic E-state index is 12.9. The number of Topliss-reactive ketones (excluding diaryl/α,β-unsaturated/α-hetero) is 1. The topological polar surface area (TPSA) is 97.1 Å². The summed E-state index contributed by atoms with van der Waals surface area (Å²) in [5.74, 6) is -0.122. The van der Waals surface area contributed by atoms with Crippen LogP contribution in [0.5, 0.6) is 0 Å². The van der Waals surface area contributed by atoms with Crippen molar-refractivity contribution in [3.05, 3.63) is 65.8 Å². The highest BCUT2D eigenvalue weighted by Gasteiger charge is 2.10. The highest BCUT2D eigenvalue weighted by atomic mass is 32.2. The average molecular weight is 400 g/mol. The molecule has 0 fully saturated rings. The third-order valence-electron chi connectivity index (χ3n) is 3.64. The summed E-state index contributed by atoms with van der Waals surface area (Å²) in [7, 11) is 0. The summed E-state index contributed by atoms with van der Waals surface area (Å²) in [4.78, 5) is 23.3. The van der Waals surface area contributed by atoms with Gasteiger partial charge in [-0.2, -0.15) is 0 Å². The van der Waals surface area contributed by atoms with Crippen molar-refractivity contribution in [3.8, 4) is 0 Å². The number of ketones is 1. The second kappa shape index (κ2) is 9.14. The van der Waals surface area contributed by atoms with Crippen LogP contribution in [-0.4, -0.2) is 27.6 Å². The molecule has 0 saturated carbocycles. The van der Waals surface area contributed by atoms with E-state index in [2.05, 4.69) is 20.8 Å². The number of nitrogens with zero attached hydrogens (tertiary/aromatic N) is 2. The average Bonchev–Trinajstić information content (AvgIpc) is 3.14. The van der Waals surface area contributed by atoms with Crippen molar-refractivity contribution >= 4 is 34.8 Å². The molecule has 0 bridgehead atoms. The van der Waals surface area contributed by atoms with Crippen LogP contribution in [0.3, 0.4) is 0 Å². The summed E-state index contributed by atoms with van der Waals surface area (Å²) >= 11 is 1.12. The minimum Gasteiger partial charge on any atom is -0.414 e. The van der Waals surface area contributed by atoms with Gasteiger partial charge in [-0.05, 0) is 55.5 Å². The van der Waals surface area contributed by atoms with Crippen molar-refractivity contribution in [2.24, 2.45) is 0 Å². The molecule has 0 atom stereocenters. The Kier molecular flexibility index (Phi) is 6.38. The lowest BCUT2D eigenvalue weighted by atomic mass is 10.1. The number of carbonyl (C=O) groups is 2. The maximum Gasteiger partial charge on any atom is 0.277 e. The highest BCUT2D eigenvalue weighted by Crippen LogP contribution is 2.18. The Morgan fingerprint density at radius 2 is 1.71 bits per heavy atom. The van der Waals surface area contributed by atoms with Crippen molar-refractivity contribution < 1.29 is 18.4 Å². The Labute approximate surface area is 164 Å². The standard InChI is InChI=1S/C19H17FN4O3S/c1-12(25)13-2-6-16(7-3-13)22-17(26)11-28-19-24-23-18(27-19)10-21-15-8-4-14(20)5-9-15/h2-9,21H,10-11H2,1H3,(H,22,26). The number of anilines is 2. The van der Waals surface area contributed by atoms with E-state index in [0.29, 0.717) is 17.1 Å². The molecule has 3 aromatic rings. The van der Waals surface area contributed by atoms with Gasteiger partial charge in [0.1, 0.15) is 5.82 Å². The minimum atomic E-state index is -0.310. The van der Waals surface area contributed by atoms with Gasteiger partial charge in [-0.1, -0.05) is 11.8 Å². The van der Waals surface area contributed by atoms with Gasteiger partial charge in [-0.3, -0.25) is 9.59 Å². The first-order valence-corrected chi connectivity index (χ1v) is 9.33. The molecule has 2 N–H and O–H groups in total. The summed E-state index contributed by atoms with van der Waals surface area (Å²) in [6.45, 7) is 1.77. The zero-order chi connectivity index (χ0) is 19.9. The van der Waals surface area contributed by atoms with Crippen LogP contribution in [0, 0.1) is 5.82 Å². The van der Waals surface area contributed by atoms with Gasteiger partial charge >= 0.3 is 0 Å². The van der Waals surface area contributed by atoms with Gasteiger partial charge < -0.3 is 15.1 Å². The molecule has 2 aromatic carbocycles. The van der Waals surface area contributed by atoms with E-state index < -0.39 is 0 Å². The summed E-state index contributed by atoms with van der Waals surface area (Å²) < 4.78 is 18.3. The zero-order valence-corrected chi connectivity index (χ0v) is 15.8. The zero-order valence-electron chi connectivity index (χ0n) is 14.9. The minimum absolute atomic E-state index is 0.0328. The molecule has 0 unspecified atom stereocenters. The van der Waals surface area contributed by atoms with Crippen LogP contribution in [-0.2, 0) is 11.3 Å². The van der Waals surface area contributed by atoms with Crippen molar-refractivity contribution in [3.63, 3.8) is 0 Å². The van der Waals surface area contributed by atoms with E-state index in [-0.39, 0.29) is 35.0 Å². The largest absolute Gasteiger partial charge is 0.414 e. The number of nitrogens with one attached hydrogen (secondary N) is 2. The fourth-order valence-electron chi connectivity index (χ4n) is 2.23. The second-order valence-corrected chi connectivity index (χ2v) is 6.72. The molecule has 9 heteroatoms. The van der Waals surface area contributed by atoms with Crippen LogP contribution >= 0.6 is 11.8 Å². The molecular formula is C19H17FN4O3S. The van der Waals surface area contributed by atoms with E-state index in [9.17, 15) is 14.0 Å². The molecule has 0 saturated heterocycles. The molecule has 0 spiro atoms. The second-order valence-electron chi connectivity index (χ2n) is 5.79. The van der Waals surface area contributed by atoms with Crippen LogP contribution < -0.4 is 10.6 Å². The molecule has 1 aromatic heterocycles. The number of rotatable bonds is 8. The van der Waals surface area contributed by atoms with Crippen molar-refractivity contribution in [2.45, 2.75) is 18.7 Å². The van der Waals surface area contributed by atoms with Crippen LogP contribution in [0.1, 0.15) is 23.2 Å². The highest BCUT2D eigenvalue weighted by molar-refractivity contribution is 7.99. The Hall–Kier alpha value is -3.20. The number of amides is 1. The molecule has 7 nitrogen and oxygen atoms in total. The first kappa shape index (κ1) is 19.6. The Morgan fingerprint density at radius 3 is 2.39 bits per heavy atom. The van der Waals surface area contributed by atoms with Crippen LogP contribution in [0.25, 0.3) is 0 Å². The van der Waals surface area contributed by atoms with Gasteiger partial charge in [0.15, 0.2) is 5.78 Å². The van der Waals surface area contributed by atoms with Crippen LogP contribution in [0.4, 0.5) is 15.8 Å². The number of thioether (sulfide) groups is 1. The van der Waals surface area contributed by atoms with E-state index in [1.807, 2.05) is 0 Å². The summed E-state index contributed by atoms with van der Waals surface area (Å²) in [5, 5.41) is 13.8. The molecule has 1 amide bonds. The summed E-state index contributed by atoms with van der Waals surface area (Å²) in [5.41, 5.74) is 1.91. The van der Waals surface area contributed by atoms with Gasteiger partial charge in [-0.15, -0.1) is 10.2 Å². The first-order valence-electron chi connectivity index (χ1n) is 8.35. The number of hydrogen-bond acceptors (Lipinski definition) is 7. The number of benzene rings is 2. The fourth-order valence-corrected chi connectivity index (χ4v) is 2.81. The molecule has 28 heavy (non-hydrogen) atoms. The van der Waals surface area contributed by atoms with E-state index in [4.69, 9.17) is 4.42 Å². The molecule has 144 valence electrons. The molecule has 0 aliphatic heterocycles. The van der Waals surface area contributed by atoms with E-state index in [0.717, 1.165) is 17.4 Å². The maximum absolute atomic E-state index is 12.9. The van der Waals surface area contributed by atoms with Gasteiger partial charge in [-0.25, -0.2) is 4.39 Å². The van der Waals surface area contributed by atoms with E-state index in [1.54, 1.807) is 36.4 Å². The molecule has 3 rings (SSSR count). The third kappa shape index (κ3) is 5.65. The van der Waals surface area contributed by atoms with Gasteiger partial charge in [0.25, 0.3) is 5.22 Å². The third-order valence-corrected chi connectivity index (χ3v) is 4.46. The number of hydrogen-bond donors (Lipinski definition) is 2. The molecule has 0 aliphatic carbocycles. The molecule has 0 radical (unpaired) electrons. The lowest BCUT2D eigenvalue weighted by Gasteiger charge is -2.04. The smallest absolute Gasteiger partial charge is 0.277 e. The van der Waals surface area contributed by atoms with Crippen molar-refractivity contribution in [2.75, 3.05) is 16.4 Å². The van der Waals surface area contributed by atoms with E-state index in [1.165, 1.54) is 19.1 Å². The van der Waals surface area contributed by atoms with Crippen LogP contribution in [0.2, 0.25) is 0 Å². The lowest BCUT2D eigenvalue weighted by molar-refractivity contribution is -0.113. The number of carbonyl (C=O) groups excluding carboxylic acids is 2.